The van der Waals surface area contributed by atoms with E-state index < -0.39 is 17.7 Å². The Morgan fingerprint density at radius 3 is 2.47 bits per heavy atom. The van der Waals surface area contributed by atoms with Gasteiger partial charge in [-0.15, -0.1) is 0 Å². The summed E-state index contributed by atoms with van der Waals surface area (Å²) in [5.74, 6) is -0.878. The van der Waals surface area contributed by atoms with Crippen LogP contribution in [0.15, 0.2) is 54.9 Å². The lowest BCUT2D eigenvalue weighted by Crippen LogP contribution is -2.06. The Balaban J connectivity index is 1.71. The maximum Gasteiger partial charge on any atom is 0.417 e. The minimum absolute atomic E-state index is 0.0240. The molecule has 0 aliphatic carbocycles. The molecule has 0 spiro atoms. The number of aromatic nitrogens is 3. The predicted octanol–water partition coefficient (Wildman–Crippen LogP) is 6.11. The Labute approximate surface area is 184 Å². The number of anilines is 2. The Kier molecular flexibility index (Phi) is 5.43. The third-order valence-corrected chi connectivity index (χ3v) is 4.94. The number of benzene rings is 1. The van der Waals surface area contributed by atoms with Gasteiger partial charge in [0.1, 0.15) is 5.82 Å². The van der Waals surface area contributed by atoms with E-state index in [4.69, 9.17) is 16.7 Å². The topological polar surface area (TPSA) is 88.0 Å². The second-order valence-corrected chi connectivity index (χ2v) is 7.36. The summed E-state index contributed by atoms with van der Waals surface area (Å²) < 4.78 is 38.3. The number of aryl methyl sites for hydroxylation is 1. The van der Waals surface area contributed by atoms with Crippen LogP contribution in [0.4, 0.5) is 24.7 Å². The number of nitrogens with zero attached hydrogens (tertiary/aromatic N) is 3. The molecule has 6 nitrogen and oxygen atoms in total. The minimum Gasteiger partial charge on any atom is -0.478 e. The molecule has 4 rings (SSSR count). The highest BCUT2D eigenvalue weighted by Gasteiger charge is 2.30. The van der Waals surface area contributed by atoms with Crippen LogP contribution in [0.2, 0.25) is 5.02 Å². The van der Waals surface area contributed by atoms with Crippen molar-refractivity contribution in [2.75, 3.05) is 5.32 Å². The van der Waals surface area contributed by atoms with Crippen molar-refractivity contribution < 1.29 is 23.1 Å². The summed E-state index contributed by atoms with van der Waals surface area (Å²) in [6, 6.07) is 10.6. The number of carbonyl (C=O) groups is 1. The molecule has 0 aliphatic heterocycles. The average molecular weight is 459 g/mol. The number of hydrogen-bond donors (Lipinski definition) is 2. The number of nitrogens with one attached hydrogen (secondary N) is 1. The molecule has 0 saturated heterocycles. The lowest BCUT2D eigenvalue weighted by atomic mass is 10.1. The van der Waals surface area contributed by atoms with Crippen molar-refractivity contribution in [3.05, 3.63) is 76.7 Å². The molecule has 3 aromatic heterocycles. The van der Waals surface area contributed by atoms with Gasteiger partial charge in [0.15, 0.2) is 0 Å². The van der Waals surface area contributed by atoms with Crippen LogP contribution in [0.25, 0.3) is 22.2 Å². The molecule has 1 aromatic carbocycles. The molecule has 0 aliphatic rings. The lowest BCUT2D eigenvalue weighted by molar-refractivity contribution is -0.137. The number of pyridine rings is 3. The van der Waals surface area contributed by atoms with Crippen molar-refractivity contribution in [2.24, 2.45) is 0 Å². The van der Waals surface area contributed by atoms with Crippen molar-refractivity contribution in [1.82, 2.24) is 15.0 Å². The van der Waals surface area contributed by atoms with Gasteiger partial charge in [0.2, 0.25) is 0 Å². The molecule has 32 heavy (non-hydrogen) atoms. The monoisotopic (exact) mass is 458 g/mol. The van der Waals surface area contributed by atoms with Crippen LogP contribution in [0.5, 0.6) is 0 Å². The van der Waals surface area contributed by atoms with Gasteiger partial charge in [0.05, 0.1) is 33.0 Å². The third-order valence-electron chi connectivity index (χ3n) is 4.65. The summed E-state index contributed by atoms with van der Waals surface area (Å²) >= 11 is 6.23. The number of fused-ring (bicyclic) bond motifs is 1. The van der Waals surface area contributed by atoms with Gasteiger partial charge in [0, 0.05) is 29.0 Å². The van der Waals surface area contributed by atoms with Crippen LogP contribution in [-0.2, 0) is 6.18 Å². The van der Waals surface area contributed by atoms with Crippen LogP contribution >= 0.6 is 11.6 Å². The quantitative estimate of drug-likeness (QED) is 0.383. The van der Waals surface area contributed by atoms with E-state index in [-0.39, 0.29) is 16.4 Å². The van der Waals surface area contributed by atoms with Crippen LogP contribution in [0.3, 0.4) is 0 Å². The minimum atomic E-state index is -4.46. The first-order valence-electron chi connectivity index (χ1n) is 9.23. The second kappa shape index (κ2) is 8.08. The van der Waals surface area contributed by atoms with E-state index in [1.54, 1.807) is 31.2 Å². The van der Waals surface area contributed by atoms with Gasteiger partial charge in [-0.3, -0.25) is 9.97 Å². The molecule has 0 radical (unpaired) electrons. The van der Waals surface area contributed by atoms with E-state index in [1.807, 2.05) is 0 Å². The summed E-state index contributed by atoms with van der Waals surface area (Å²) in [5, 5.41) is 13.0. The van der Waals surface area contributed by atoms with Crippen LogP contribution in [-0.4, -0.2) is 26.0 Å². The Hall–Kier alpha value is -3.72. The smallest absolute Gasteiger partial charge is 0.417 e. The van der Waals surface area contributed by atoms with Gasteiger partial charge in [-0.2, -0.15) is 13.2 Å². The van der Waals surface area contributed by atoms with E-state index in [1.165, 1.54) is 18.3 Å². The Bertz CT molecular complexity index is 1340. The van der Waals surface area contributed by atoms with Crippen LogP contribution < -0.4 is 5.32 Å². The molecule has 0 bridgehead atoms. The van der Waals surface area contributed by atoms with E-state index in [0.29, 0.717) is 33.5 Å². The summed E-state index contributed by atoms with van der Waals surface area (Å²) in [7, 11) is 0. The van der Waals surface area contributed by atoms with Crippen LogP contribution in [0, 0.1) is 6.92 Å². The van der Waals surface area contributed by atoms with Crippen molar-refractivity contribution >= 4 is 40.0 Å². The van der Waals surface area contributed by atoms with Crippen molar-refractivity contribution in [2.45, 2.75) is 13.1 Å². The predicted molar refractivity (Wildman–Crippen MR) is 114 cm³/mol. The van der Waals surface area contributed by atoms with Crippen molar-refractivity contribution in [3.8, 4) is 11.3 Å². The van der Waals surface area contributed by atoms with Crippen LogP contribution in [0.1, 0.15) is 21.6 Å². The van der Waals surface area contributed by atoms with Crippen molar-refractivity contribution in [1.29, 1.82) is 0 Å². The first-order chi connectivity index (χ1) is 15.1. The molecule has 3 heterocycles. The van der Waals surface area contributed by atoms with Gasteiger partial charge in [0.25, 0.3) is 0 Å². The SMILES string of the molecule is Cc1cc(Nc2ccc(C(F)(F)F)cn2)c2ccc(-c3ncc(C(=O)O)cc3Cl)cc2n1. The highest BCUT2D eigenvalue weighted by molar-refractivity contribution is 6.33. The maximum atomic E-state index is 12.8. The Morgan fingerprint density at radius 2 is 1.84 bits per heavy atom. The second-order valence-electron chi connectivity index (χ2n) is 6.96. The summed E-state index contributed by atoms with van der Waals surface area (Å²) in [6.07, 6.45) is -2.47. The molecule has 10 heteroatoms. The molecular formula is C22H14ClF3N4O2. The largest absolute Gasteiger partial charge is 0.478 e. The zero-order chi connectivity index (χ0) is 23.0. The highest BCUT2D eigenvalue weighted by Crippen LogP contribution is 2.33. The number of carboxylic acids is 1. The molecule has 2 N–H and O–H groups in total. The van der Waals surface area contributed by atoms with Gasteiger partial charge in [-0.05, 0) is 37.3 Å². The van der Waals surface area contributed by atoms with Crippen molar-refractivity contribution in [3.63, 3.8) is 0 Å². The number of aromatic carboxylic acids is 1. The van der Waals surface area contributed by atoms with E-state index >= 15 is 0 Å². The van der Waals surface area contributed by atoms with Gasteiger partial charge in [-0.25, -0.2) is 9.78 Å². The van der Waals surface area contributed by atoms with Gasteiger partial charge < -0.3 is 10.4 Å². The summed E-state index contributed by atoms with van der Waals surface area (Å²) in [4.78, 5) is 23.6. The number of rotatable bonds is 4. The fraction of sp³-hybridized carbons (Fsp3) is 0.0909. The van der Waals surface area contributed by atoms with Gasteiger partial charge >= 0.3 is 12.1 Å². The zero-order valence-electron chi connectivity index (χ0n) is 16.4. The highest BCUT2D eigenvalue weighted by atomic mass is 35.5. The molecular weight excluding hydrogens is 445 g/mol. The number of hydrogen-bond acceptors (Lipinski definition) is 5. The Morgan fingerprint density at radius 1 is 1.06 bits per heavy atom. The first kappa shape index (κ1) is 21.5. The molecule has 4 aromatic rings. The molecule has 162 valence electrons. The third kappa shape index (κ3) is 4.33. The molecule has 0 saturated carbocycles. The fourth-order valence-corrected chi connectivity index (χ4v) is 3.43. The molecule has 0 amide bonds. The molecule has 0 fully saturated rings. The van der Waals surface area contributed by atoms with E-state index in [0.717, 1.165) is 12.3 Å². The fourth-order valence-electron chi connectivity index (χ4n) is 3.15. The summed E-state index contributed by atoms with van der Waals surface area (Å²) in [6.45, 7) is 1.78. The standard InChI is InChI=1S/C22H14ClF3N4O2/c1-11-6-17(30-19-5-3-14(10-27-19)22(24,25)26)15-4-2-12(8-18(15)29-11)20-16(23)7-13(9-28-20)21(31)32/h2-10H,1H3,(H,31,32)(H,27,29,30). The lowest BCUT2D eigenvalue weighted by Gasteiger charge is -2.13. The average Bonchev–Trinajstić information content (AvgIpc) is 2.72. The normalized spacial score (nSPS) is 11.5. The van der Waals surface area contributed by atoms with E-state index in [2.05, 4.69) is 20.3 Å². The summed E-state index contributed by atoms with van der Waals surface area (Å²) in [5.41, 5.74) is 2.07. The van der Waals surface area contributed by atoms with Gasteiger partial charge in [-0.1, -0.05) is 23.7 Å². The number of halogens is 4. The van der Waals surface area contributed by atoms with E-state index in [9.17, 15) is 18.0 Å². The maximum absolute atomic E-state index is 12.8. The molecule has 0 atom stereocenters. The first-order valence-corrected chi connectivity index (χ1v) is 9.60. The number of carboxylic acid groups (broad SMARTS) is 1. The zero-order valence-corrected chi connectivity index (χ0v) is 17.2. The molecule has 0 unspecified atom stereocenters. The number of alkyl halides is 3.